The molecule has 0 unspecified atom stereocenters. The first-order valence-electron chi connectivity index (χ1n) is 12.0. The number of thiazole rings is 1. The molecule has 1 aromatic heterocycles. The molecule has 1 fully saturated rings. The lowest BCUT2D eigenvalue weighted by atomic mass is 10.1. The Morgan fingerprint density at radius 3 is 2.32 bits per heavy atom. The van der Waals surface area contributed by atoms with Crippen LogP contribution in [0.4, 0.5) is 5.69 Å². The SMILES string of the molecule is CCCCCCn1c(-c2ccc(S(=O)(=O)N3CCCC3)cc2)csc1=Nc1ccc(OC)cc1. The van der Waals surface area contributed by atoms with Crippen LogP contribution in [0.25, 0.3) is 11.3 Å². The van der Waals surface area contributed by atoms with Crippen LogP contribution in [-0.2, 0) is 16.6 Å². The maximum atomic E-state index is 12.9. The number of unbranched alkanes of at least 4 members (excludes halogenated alkanes) is 3. The van der Waals surface area contributed by atoms with Gasteiger partial charge in [-0.3, -0.25) is 0 Å². The van der Waals surface area contributed by atoms with Gasteiger partial charge in [-0.05, 0) is 61.2 Å². The van der Waals surface area contributed by atoms with Crippen LogP contribution < -0.4 is 9.54 Å². The van der Waals surface area contributed by atoms with Crippen LogP contribution in [0.3, 0.4) is 0 Å². The third-order valence-corrected chi connectivity index (χ3v) is 8.96. The van der Waals surface area contributed by atoms with Crippen LogP contribution in [0.5, 0.6) is 5.75 Å². The number of sulfonamides is 1. The molecule has 0 spiro atoms. The summed E-state index contributed by atoms with van der Waals surface area (Å²) in [5.41, 5.74) is 2.95. The van der Waals surface area contributed by atoms with E-state index >= 15 is 0 Å². The fraction of sp³-hybridized carbons (Fsp3) is 0.423. The Kier molecular flexibility index (Phi) is 8.24. The summed E-state index contributed by atoms with van der Waals surface area (Å²) in [6, 6.07) is 15.1. The van der Waals surface area contributed by atoms with E-state index in [1.807, 2.05) is 36.4 Å². The number of rotatable bonds is 10. The molecule has 2 aromatic carbocycles. The van der Waals surface area contributed by atoms with Crippen molar-refractivity contribution in [3.05, 3.63) is 58.7 Å². The van der Waals surface area contributed by atoms with Crippen LogP contribution in [0.1, 0.15) is 45.4 Å². The summed E-state index contributed by atoms with van der Waals surface area (Å²) in [7, 11) is -1.75. The predicted octanol–water partition coefficient (Wildman–Crippen LogP) is 5.82. The van der Waals surface area contributed by atoms with Crippen molar-refractivity contribution in [1.29, 1.82) is 0 Å². The normalized spacial score (nSPS) is 15.2. The minimum Gasteiger partial charge on any atom is -0.497 e. The van der Waals surface area contributed by atoms with Crippen LogP contribution in [-0.4, -0.2) is 37.5 Å². The van der Waals surface area contributed by atoms with Crippen molar-refractivity contribution < 1.29 is 13.2 Å². The molecule has 8 heteroatoms. The number of nitrogens with zero attached hydrogens (tertiary/aromatic N) is 3. The van der Waals surface area contributed by atoms with Crippen molar-refractivity contribution in [2.75, 3.05) is 20.2 Å². The van der Waals surface area contributed by atoms with Crippen molar-refractivity contribution in [2.45, 2.75) is 56.9 Å². The van der Waals surface area contributed by atoms with Gasteiger partial charge >= 0.3 is 0 Å². The number of hydrogen-bond donors (Lipinski definition) is 0. The second kappa shape index (κ2) is 11.3. The largest absolute Gasteiger partial charge is 0.497 e. The molecular weight excluding hydrogens is 466 g/mol. The Morgan fingerprint density at radius 1 is 0.971 bits per heavy atom. The summed E-state index contributed by atoms with van der Waals surface area (Å²) in [5, 5.41) is 2.12. The maximum absolute atomic E-state index is 12.9. The molecule has 1 aliphatic rings. The van der Waals surface area contributed by atoms with Gasteiger partial charge in [-0.2, -0.15) is 4.31 Å². The smallest absolute Gasteiger partial charge is 0.243 e. The van der Waals surface area contributed by atoms with Crippen LogP contribution in [0, 0.1) is 0 Å². The molecule has 0 N–H and O–H groups in total. The highest BCUT2D eigenvalue weighted by Gasteiger charge is 2.27. The molecule has 1 aliphatic heterocycles. The third kappa shape index (κ3) is 5.62. The van der Waals surface area contributed by atoms with E-state index in [1.165, 1.54) is 19.3 Å². The van der Waals surface area contributed by atoms with Gasteiger partial charge in [0.2, 0.25) is 10.0 Å². The van der Waals surface area contributed by atoms with E-state index in [9.17, 15) is 8.42 Å². The fourth-order valence-corrected chi connectivity index (χ4v) is 6.68. The Balaban J connectivity index is 1.65. The van der Waals surface area contributed by atoms with E-state index < -0.39 is 10.0 Å². The minimum absolute atomic E-state index is 0.367. The maximum Gasteiger partial charge on any atom is 0.243 e. The molecule has 0 amide bonds. The second-order valence-electron chi connectivity index (χ2n) is 8.56. The molecule has 0 aliphatic carbocycles. The number of methoxy groups -OCH3 is 1. The summed E-state index contributed by atoms with van der Waals surface area (Å²) in [6.45, 7) is 4.32. The molecule has 0 atom stereocenters. The van der Waals surface area contributed by atoms with Crippen LogP contribution >= 0.6 is 11.3 Å². The van der Waals surface area contributed by atoms with Gasteiger partial charge in [-0.25, -0.2) is 13.4 Å². The van der Waals surface area contributed by atoms with E-state index in [0.29, 0.717) is 18.0 Å². The Hall–Kier alpha value is -2.42. The van der Waals surface area contributed by atoms with E-state index in [2.05, 4.69) is 16.9 Å². The lowest BCUT2D eigenvalue weighted by Crippen LogP contribution is -2.27. The average Bonchev–Trinajstić information content (AvgIpc) is 3.54. The molecule has 0 bridgehead atoms. The zero-order valence-electron chi connectivity index (χ0n) is 19.9. The number of aromatic nitrogens is 1. The number of ether oxygens (including phenoxy) is 1. The van der Waals surface area contributed by atoms with Crippen molar-refractivity contribution in [1.82, 2.24) is 8.87 Å². The highest BCUT2D eigenvalue weighted by Crippen LogP contribution is 2.26. The summed E-state index contributed by atoms with van der Waals surface area (Å²) in [5.74, 6) is 0.808. The first-order valence-corrected chi connectivity index (χ1v) is 14.3. The van der Waals surface area contributed by atoms with Crippen molar-refractivity contribution >= 4 is 27.0 Å². The van der Waals surface area contributed by atoms with Crippen LogP contribution in [0.2, 0.25) is 0 Å². The Bertz CT molecular complexity index is 1240. The Labute approximate surface area is 206 Å². The molecule has 1 saturated heterocycles. The highest BCUT2D eigenvalue weighted by atomic mass is 32.2. The lowest BCUT2D eigenvalue weighted by Gasteiger charge is -2.16. The van der Waals surface area contributed by atoms with Gasteiger partial charge in [0.25, 0.3) is 0 Å². The summed E-state index contributed by atoms with van der Waals surface area (Å²) in [4.78, 5) is 6.20. The fourth-order valence-electron chi connectivity index (χ4n) is 4.20. The second-order valence-corrected chi connectivity index (χ2v) is 11.3. The topological polar surface area (TPSA) is 63.9 Å². The summed E-state index contributed by atoms with van der Waals surface area (Å²) < 4.78 is 34.9. The van der Waals surface area contributed by atoms with Gasteiger partial charge in [0, 0.05) is 25.0 Å². The molecule has 0 saturated carbocycles. The first-order chi connectivity index (χ1) is 16.5. The monoisotopic (exact) mass is 499 g/mol. The molecule has 2 heterocycles. The summed E-state index contributed by atoms with van der Waals surface area (Å²) >= 11 is 1.61. The number of hydrogen-bond acceptors (Lipinski definition) is 5. The van der Waals surface area contributed by atoms with Gasteiger partial charge in [0.1, 0.15) is 5.75 Å². The van der Waals surface area contributed by atoms with Gasteiger partial charge < -0.3 is 9.30 Å². The minimum atomic E-state index is -3.41. The van der Waals surface area contributed by atoms with E-state index in [1.54, 1.807) is 34.9 Å². The zero-order valence-corrected chi connectivity index (χ0v) is 21.6. The molecule has 3 aromatic rings. The number of benzene rings is 2. The Morgan fingerprint density at radius 2 is 1.68 bits per heavy atom. The first kappa shape index (κ1) is 24.7. The van der Waals surface area contributed by atoms with Crippen molar-refractivity contribution in [3.63, 3.8) is 0 Å². The standard InChI is InChI=1S/C26H33N3O3S2/c1-3-4-5-6-19-29-25(20-33-26(29)27-22-11-13-23(32-2)14-12-22)21-9-15-24(16-10-21)34(30,31)28-17-7-8-18-28/h9-16,20H,3-8,17-19H2,1-2H3. The van der Waals surface area contributed by atoms with E-state index in [4.69, 9.17) is 9.73 Å². The molecule has 0 radical (unpaired) electrons. The van der Waals surface area contributed by atoms with Crippen LogP contribution in [0.15, 0.2) is 63.8 Å². The quantitative estimate of drug-likeness (QED) is 0.330. The van der Waals surface area contributed by atoms with Gasteiger partial charge in [0.15, 0.2) is 4.80 Å². The molecule has 6 nitrogen and oxygen atoms in total. The van der Waals surface area contributed by atoms with Gasteiger partial charge in [0.05, 0.1) is 23.4 Å². The highest BCUT2D eigenvalue weighted by molar-refractivity contribution is 7.89. The van der Waals surface area contributed by atoms with Gasteiger partial charge in [-0.15, -0.1) is 11.3 Å². The van der Waals surface area contributed by atoms with Crippen molar-refractivity contribution in [3.8, 4) is 17.0 Å². The van der Waals surface area contributed by atoms with E-state index in [0.717, 1.165) is 53.3 Å². The predicted molar refractivity (Wildman–Crippen MR) is 138 cm³/mol. The lowest BCUT2D eigenvalue weighted by molar-refractivity contribution is 0.415. The van der Waals surface area contributed by atoms with Gasteiger partial charge in [-0.1, -0.05) is 38.3 Å². The van der Waals surface area contributed by atoms with Crippen molar-refractivity contribution in [2.24, 2.45) is 4.99 Å². The summed E-state index contributed by atoms with van der Waals surface area (Å²) in [6.07, 6.45) is 6.53. The molecular formula is C26H33N3O3S2. The zero-order chi connectivity index (χ0) is 24.0. The molecule has 4 rings (SSSR count). The molecule has 182 valence electrons. The van der Waals surface area contributed by atoms with E-state index in [-0.39, 0.29) is 0 Å². The molecule has 34 heavy (non-hydrogen) atoms. The third-order valence-electron chi connectivity index (χ3n) is 6.18. The average molecular weight is 500 g/mol.